The molecule has 0 aliphatic carbocycles. The Labute approximate surface area is 122 Å². The standard InChI is InChI=1S/C15H28N4O/c1-11(2)19-10-17-7-14(19)13(6-16)18-8-12(3)20-15(4,5)9-18/h7,10-13H,6,8-9,16H2,1-5H3. The van der Waals surface area contributed by atoms with Gasteiger partial charge in [0.25, 0.3) is 0 Å². The molecular formula is C15H28N4O. The van der Waals surface area contributed by atoms with Gasteiger partial charge in [0.05, 0.1) is 29.8 Å². The number of nitrogens with two attached hydrogens (primary N) is 1. The molecule has 1 aromatic heterocycles. The topological polar surface area (TPSA) is 56.3 Å². The molecule has 1 fully saturated rings. The number of rotatable bonds is 4. The number of nitrogens with zero attached hydrogens (tertiary/aromatic N) is 3. The zero-order chi connectivity index (χ0) is 14.9. The molecule has 2 unspecified atom stereocenters. The maximum Gasteiger partial charge on any atom is 0.0951 e. The van der Waals surface area contributed by atoms with Crippen LogP contribution in [0.1, 0.15) is 52.4 Å². The summed E-state index contributed by atoms with van der Waals surface area (Å²) in [5.41, 5.74) is 7.14. The Bertz CT molecular complexity index is 441. The average Bonchev–Trinajstić information content (AvgIpc) is 2.76. The molecular weight excluding hydrogens is 252 g/mol. The molecule has 2 N–H and O–H groups in total. The van der Waals surface area contributed by atoms with Crippen LogP contribution < -0.4 is 5.73 Å². The van der Waals surface area contributed by atoms with E-state index in [2.05, 4.69) is 49.1 Å². The van der Waals surface area contributed by atoms with E-state index in [1.165, 1.54) is 5.69 Å². The summed E-state index contributed by atoms with van der Waals surface area (Å²) >= 11 is 0. The zero-order valence-corrected chi connectivity index (χ0v) is 13.3. The molecule has 0 saturated carbocycles. The van der Waals surface area contributed by atoms with Crippen molar-refractivity contribution in [1.82, 2.24) is 14.5 Å². The summed E-state index contributed by atoms with van der Waals surface area (Å²) in [6, 6.07) is 0.596. The molecule has 0 aromatic carbocycles. The largest absolute Gasteiger partial charge is 0.370 e. The van der Waals surface area contributed by atoms with Crippen LogP contribution in [-0.4, -0.2) is 45.8 Å². The van der Waals surface area contributed by atoms with E-state index in [0.717, 1.165) is 13.1 Å². The maximum atomic E-state index is 6.07. The lowest BCUT2D eigenvalue weighted by Crippen LogP contribution is -2.54. The molecule has 1 aliphatic heterocycles. The van der Waals surface area contributed by atoms with E-state index < -0.39 is 0 Å². The highest BCUT2D eigenvalue weighted by Crippen LogP contribution is 2.29. The van der Waals surface area contributed by atoms with Crippen LogP contribution in [0.2, 0.25) is 0 Å². The predicted octanol–water partition coefficient (Wildman–Crippen LogP) is 1.96. The van der Waals surface area contributed by atoms with Crippen molar-refractivity contribution in [2.75, 3.05) is 19.6 Å². The van der Waals surface area contributed by atoms with E-state index in [9.17, 15) is 0 Å². The molecule has 1 aromatic rings. The molecule has 2 heterocycles. The van der Waals surface area contributed by atoms with E-state index in [4.69, 9.17) is 10.5 Å². The molecule has 2 atom stereocenters. The number of hydrogen-bond acceptors (Lipinski definition) is 4. The van der Waals surface area contributed by atoms with Gasteiger partial charge in [-0.3, -0.25) is 4.90 Å². The van der Waals surface area contributed by atoms with Crippen molar-refractivity contribution in [3.8, 4) is 0 Å². The fraction of sp³-hybridized carbons (Fsp3) is 0.800. The number of morpholine rings is 1. The highest BCUT2D eigenvalue weighted by Gasteiger charge is 2.35. The van der Waals surface area contributed by atoms with Gasteiger partial charge in [-0.15, -0.1) is 0 Å². The molecule has 20 heavy (non-hydrogen) atoms. The van der Waals surface area contributed by atoms with Crippen LogP contribution >= 0.6 is 0 Å². The van der Waals surface area contributed by atoms with E-state index in [1.54, 1.807) is 0 Å². The molecule has 114 valence electrons. The highest BCUT2D eigenvalue weighted by molar-refractivity contribution is 5.09. The number of hydrogen-bond donors (Lipinski definition) is 1. The normalized spacial score (nSPS) is 25.1. The van der Waals surface area contributed by atoms with Crippen LogP contribution in [0.4, 0.5) is 0 Å². The molecule has 2 rings (SSSR count). The van der Waals surface area contributed by atoms with Gasteiger partial charge in [0.2, 0.25) is 0 Å². The van der Waals surface area contributed by atoms with Crippen LogP contribution in [0.5, 0.6) is 0 Å². The van der Waals surface area contributed by atoms with Gasteiger partial charge in [-0.05, 0) is 34.6 Å². The summed E-state index contributed by atoms with van der Waals surface area (Å²) in [6.07, 6.45) is 4.07. The third-order valence-corrected chi connectivity index (χ3v) is 3.85. The molecule has 5 nitrogen and oxygen atoms in total. The number of ether oxygens (including phenoxy) is 1. The summed E-state index contributed by atoms with van der Waals surface area (Å²) in [5, 5.41) is 0. The fourth-order valence-electron chi connectivity index (χ4n) is 3.20. The van der Waals surface area contributed by atoms with Gasteiger partial charge < -0.3 is 15.0 Å². The summed E-state index contributed by atoms with van der Waals surface area (Å²) in [5.74, 6) is 0. The SMILES string of the molecule is CC1CN(C(CN)c2cncn2C(C)C)CC(C)(C)O1. The van der Waals surface area contributed by atoms with Gasteiger partial charge in [-0.1, -0.05) is 0 Å². The van der Waals surface area contributed by atoms with E-state index in [1.807, 2.05) is 12.5 Å². The van der Waals surface area contributed by atoms with Crippen molar-refractivity contribution in [1.29, 1.82) is 0 Å². The quantitative estimate of drug-likeness (QED) is 0.916. The Morgan fingerprint density at radius 1 is 1.50 bits per heavy atom. The van der Waals surface area contributed by atoms with Crippen LogP contribution in [0.3, 0.4) is 0 Å². The Morgan fingerprint density at radius 3 is 2.75 bits per heavy atom. The van der Waals surface area contributed by atoms with Crippen LogP contribution in [0.15, 0.2) is 12.5 Å². The van der Waals surface area contributed by atoms with E-state index in [-0.39, 0.29) is 17.7 Å². The number of aromatic nitrogens is 2. The Hall–Kier alpha value is -0.910. The molecule has 0 radical (unpaired) electrons. The minimum Gasteiger partial charge on any atom is -0.370 e. The van der Waals surface area contributed by atoms with Crippen molar-refractivity contribution < 1.29 is 4.74 Å². The lowest BCUT2D eigenvalue weighted by atomic mass is 10.0. The zero-order valence-electron chi connectivity index (χ0n) is 13.3. The second-order valence-electron chi connectivity index (χ2n) is 6.69. The molecule has 0 bridgehead atoms. The van der Waals surface area contributed by atoms with Gasteiger partial charge in [0, 0.05) is 31.9 Å². The summed E-state index contributed by atoms with van der Waals surface area (Å²) in [6.45, 7) is 13.2. The smallest absolute Gasteiger partial charge is 0.0951 e. The summed E-state index contributed by atoms with van der Waals surface area (Å²) in [4.78, 5) is 6.75. The second-order valence-corrected chi connectivity index (χ2v) is 6.69. The van der Waals surface area contributed by atoms with Gasteiger partial charge >= 0.3 is 0 Å². The van der Waals surface area contributed by atoms with Crippen LogP contribution in [-0.2, 0) is 4.74 Å². The first-order valence-electron chi connectivity index (χ1n) is 7.47. The molecule has 0 spiro atoms. The average molecular weight is 280 g/mol. The molecule has 1 aliphatic rings. The van der Waals surface area contributed by atoms with Crippen molar-refractivity contribution >= 4 is 0 Å². The van der Waals surface area contributed by atoms with Gasteiger partial charge in [0.15, 0.2) is 0 Å². The minimum atomic E-state index is -0.131. The lowest BCUT2D eigenvalue weighted by Gasteiger charge is -2.45. The van der Waals surface area contributed by atoms with Gasteiger partial charge in [-0.25, -0.2) is 4.98 Å². The van der Waals surface area contributed by atoms with Crippen LogP contribution in [0, 0.1) is 0 Å². The van der Waals surface area contributed by atoms with Crippen molar-refractivity contribution in [3.05, 3.63) is 18.2 Å². The maximum absolute atomic E-state index is 6.07. The molecule has 1 saturated heterocycles. The third-order valence-electron chi connectivity index (χ3n) is 3.85. The third kappa shape index (κ3) is 3.22. The predicted molar refractivity (Wildman–Crippen MR) is 80.6 cm³/mol. The first kappa shape index (κ1) is 15.5. The fourth-order valence-corrected chi connectivity index (χ4v) is 3.20. The summed E-state index contributed by atoms with van der Waals surface area (Å²) in [7, 11) is 0. The molecule has 0 amide bonds. The van der Waals surface area contributed by atoms with Crippen LogP contribution in [0.25, 0.3) is 0 Å². The highest BCUT2D eigenvalue weighted by atomic mass is 16.5. The first-order valence-corrected chi connectivity index (χ1v) is 7.47. The Kier molecular flexibility index (Phi) is 4.52. The van der Waals surface area contributed by atoms with Gasteiger partial charge in [-0.2, -0.15) is 0 Å². The number of imidazole rings is 1. The van der Waals surface area contributed by atoms with Gasteiger partial charge in [0.1, 0.15) is 0 Å². The second kappa shape index (κ2) is 5.84. The van der Waals surface area contributed by atoms with E-state index >= 15 is 0 Å². The Morgan fingerprint density at radius 2 is 2.20 bits per heavy atom. The summed E-state index contributed by atoms with van der Waals surface area (Å²) < 4.78 is 8.20. The van der Waals surface area contributed by atoms with E-state index in [0.29, 0.717) is 12.6 Å². The van der Waals surface area contributed by atoms with Crippen molar-refractivity contribution in [2.24, 2.45) is 5.73 Å². The Balaban J connectivity index is 2.25. The molecule has 5 heteroatoms. The monoisotopic (exact) mass is 280 g/mol. The first-order chi connectivity index (χ1) is 9.34. The lowest BCUT2D eigenvalue weighted by molar-refractivity contribution is -0.138. The van der Waals surface area contributed by atoms with Crippen molar-refractivity contribution in [3.63, 3.8) is 0 Å². The minimum absolute atomic E-state index is 0.131. The van der Waals surface area contributed by atoms with Crippen molar-refractivity contribution in [2.45, 2.75) is 58.4 Å².